The average molecular weight is 209 g/mol. The van der Waals surface area contributed by atoms with Gasteiger partial charge in [-0.1, -0.05) is 18.2 Å². The Hall–Kier alpha value is -1.06. The molecule has 3 heteroatoms. The number of anilines is 1. The smallest absolute Gasteiger partial charge is 0.0947 e. The molecule has 0 saturated heterocycles. The van der Waals surface area contributed by atoms with E-state index in [0.717, 1.165) is 12.2 Å². The third kappa shape index (κ3) is 3.90. The Balaban J connectivity index is 2.56. The number of hydrogen-bond acceptors (Lipinski definition) is 3. The van der Waals surface area contributed by atoms with Gasteiger partial charge in [-0.15, -0.1) is 0 Å². The van der Waals surface area contributed by atoms with Crippen molar-refractivity contribution in [3.8, 4) is 0 Å². The first-order chi connectivity index (χ1) is 7.27. The molecule has 0 saturated carbocycles. The molecule has 0 bridgehead atoms. The summed E-state index contributed by atoms with van der Waals surface area (Å²) in [4.78, 5) is 2.13. The van der Waals surface area contributed by atoms with E-state index in [-0.39, 0.29) is 0 Å². The van der Waals surface area contributed by atoms with Crippen LogP contribution in [0.2, 0.25) is 0 Å². The Labute approximate surface area is 91.3 Å². The predicted molar refractivity (Wildman–Crippen MR) is 62.2 cm³/mol. The molecule has 0 fully saturated rings. The number of ether oxygens (including phenoxy) is 1. The van der Waals surface area contributed by atoms with Crippen molar-refractivity contribution < 1.29 is 9.84 Å². The largest absolute Gasteiger partial charge is 0.389 e. The molecule has 0 aliphatic heterocycles. The first-order valence-electron chi connectivity index (χ1n) is 5.25. The molecule has 0 aliphatic carbocycles. The fraction of sp³-hybridized carbons (Fsp3) is 0.500. The predicted octanol–water partition coefficient (Wildman–Crippen LogP) is 1.52. The van der Waals surface area contributed by atoms with E-state index < -0.39 is 6.10 Å². The lowest BCUT2D eigenvalue weighted by atomic mass is 10.2. The summed E-state index contributed by atoms with van der Waals surface area (Å²) in [5.41, 5.74) is 1.13. The molecule has 84 valence electrons. The summed E-state index contributed by atoms with van der Waals surface area (Å²) < 4.78 is 4.91. The van der Waals surface area contributed by atoms with Crippen LogP contribution in [0.25, 0.3) is 0 Å². The van der Waals surface area contributed by atoms with Crippen molar-refractivity contribution in [3.05, 3.63) is 30.3 Å². The van der Waals surface area contributed by atoms with Gasteiger partial charge in [-0.3, -0.25) is 0 Å². The lowest BCUT2D eigenvalue weighted by Crippen LogP contribution is -2.34. The van der Waals surface area contributed by atoms with Gasteiger partial charge in [0.25, 0.3) is 0 Å². The van der Waals surface area contributed by atoms with Gasteiger partial charge in [0.1, 0.15) is 0 Å². The number of nitrogens with zero attached hydrogens (tertiary/aromatic N) is 1. The molecule has 0 heterocycles. The Morgan fingerprint density at radius 3 is 2.53 bits per heavy atom. The second-order valence-corrected chi connectivity index (χ2v) is 3.48. The first-order valence-corrected chi connectivity index (χ1v) is 5.25. The minimum atomic E-state index is -0.435. The van der Waals surface area contributed by atoms with Gasteiger partial charge in [-0.25, -0.2) is 0 Å². The van der Waals surface area contributed by atoms with Gasteiger partial charge in [0, 0.05) is 25.9 Å². The van der Waals surface area contributed by atoms with Crippen molar-refractivity contribution in [3.63, 3.8) is 0 Å². The van der Waals surface area contributed by atoms with Gasteiger partial charge in [0.05, 0.1) is 12.7 Å². The van der Waals surface area contributed by atoms with Crippen molar-refractivity contribution in [1.29, 1.82) is 0 Å². The van der Waals surface area contributed by atoms with Gasteiger partial charge in [0.15, 0.2) is 0 Å². The zero-order valence-corrected chi connectivity index (χ0v) is 9.39. The van der Waals surface area contributed by atoms with Crippen LogP contribution in [-0.2, 0) is 4.74 Å². The van der Waals surface area contributed by atoms with Crippen molar-refractivity contribution >= 4 is 5.69 Å². The molecule has 0 aromatic heterocycles. The average Bonchev–Trinajstić information content (AvgIpc) is 2.27. The van der Waals surface area contributed by atoms with Gasteiger partial charge in [-0.05, 0) is 19.1 Å². The molecule has 15 heavy (non-hydrogen) atoms. The molecule has 1 aromatic rings. The highest BCUT2D eigenvalue weighted by Gasteiger charge is 2.10. The summed E-state index contributed by atoms with van der Waals surface area (Å²) >= 11 is 0. The van der Waals surface area contributed by atoms with E-state index in [1.165, 1.54) is 0 Å². The molecular formula is C12H19NO2. The summed E-state index contributed by atoms with van der Waals surface area (Å²) in [5.74, 6) is 0. The highest BCUT2D eigenvalue weighted by molar-refractivity contribution is 5.45. The first kappa shape index (κ1) is 12.0. The summed E-state index contributed by atoms with van der Waals surface area (Å²) in [6.07, 6.45) is -0.435. The highest BCUT2D eigenvalue weighted by Crippen LogP contribution is 2.12. The number of benzene rings is 1. The highest BCUT2D eigenvalue weighted by atomic mass is 16.5. The third-order valence-corrected chi connectivity index (χ3v) is 2.29. The number of aliphatic hydroxyl groups is 1. The zero-order chi connectivity index (χ0) is 11.1. The minimum absolute atomic E-state index is 0.378. The molecule has 1 aromatic carbocycles. The van der Waals surface area contributed by atoms with Crippen LogP contribution in [0.15, 0.2) is 30.3 Å². The maximum Gasteiger partial charge on any atom is 0.0947 e. The third-order valence-electron chi connectivity index (χ3n) is 2.29. The van der Waals surface area contributed by atoms with Crippen LogP contribution in [0.5, 0.6) is 0 Å². The lowest BCUT2D eigenvalue weighted by molar-refractivity contribution is 0.0689. The van der Waals surface area contributed by atoms with Crippen molar-refractivity contribution in [2.24, 2.45) is 0 Å². The number of rotatable bonds is 6. The van der Waals surface area contributed by atoms with E-state index in [1.807, 2.05) is 30.3 Å². The van der Waals surface area contributed by atoms with Gasteiger partial charge in [-0.2, -0.15) is 0 Å². The van der Waals surface area contributed by atoms with Crippen molar-refractivity contribution in [2.75, 3.05) is 31.7 Å². The number of methoxy groups -OCH3 is 1. The molecule has 0 aliphatic rings. The molecule has 3 nitrogen and oxygen atoms in total. The molecule has 0 spiro atoms. The van der Waals surface area contributed by atoms with Crippen LogP contribution in [0.3, 0.4) is 0 Å². The molecule has 1 N–H and O–H groups in total. The van der Waals surface area contributed by atoms with E-state index in [9.17, 15) is 5.11 Å². The summed E-state index contributed by atoms with van der Waals surface area (Å²) in [6.45, 7) is 3.94. The number of para-hydroxylation sites is 1. The Morgan fingerprint density at radius 2 is 2.00 bits per heavy atom. The van der Waals surface area contributed by atoms with Crippen LogP contribution < -0.4 is 4.90 Å². The quantitative estimate of drug-likeness (QED) is 0.771. The SMILES string of the molecule is CCN(CC(O)COC)c1ccccc1. The number of likely N-dealkylation sites (N-methyl/N-ethyl adjacent to an activating group) is 1. The standard InChI is InChI=1S/C12H19NO2/c1-3-13(9-12(14)10-15-2)11-7-5-4-6-8-11/h4-8,12,14H,3,9-10H2,1-2H3. The second kappa shape index (κ2) is 6.43. The second-order valence-electron chi connectivity index (χ2n) is 3.48. The fourth-order valence-electron chi connectivity index (χ4n) is 1.56. The zero-order valence-electron chi connectivity index (χ0n) is 9.39. The van der Waals surface area contributed by atoms with Gasteiger partial charge < -0.3 is 14.7 Å². The summed E-state index contributed by atoms with van der Waals surface area (Å²) in [5, 5.41) is 9.65. The maximum absolute atomic E-state index is 9.65. The minimum Gasteiger partial charge on any atom is -0.389 e. The molecule has 0 radical (unpaired) electrons. The lowest BCUT2D eigenvalue weighted by Gasteiger charge is -2.25. The summed E-state index contributed by atoms with van der Waals surface area (Å²) in [6, 6.07) is 10.1. The Bertz CT molecular complexity index is 264. The van der Waals surface area contributed by atoms with E-state index in [4.69, 9.17) is 4.74 Å². The van der Waals surface area contributed by atoms with E-state index in [0.29, 0.717) is 13.2 Å². The van der Waals surface area contributed by atoms with Crippen molar-refractivity contribution in [1.82, 2.24) is 0 Å². The normalized spacial score (nSPS) is 12.5. The number of aliphatic hydroxyl groups excluding tert-OH is 1. The molecule has 0 amide bonds. The van der Waals surface area contributed by atoms with E-state index >= 15 is 0 Å². The van der Waals surface area contributed by atoms with E-state index in [2.05, 4.69) is 11.8 Å². The molecule has 1 unspecified atom stereocenters. The molecular weight excluding hydrogens is 190 g/mol. The molecule has 1 atom stereocenters. The van der Waals surface area contributed by atoms with Crippen molar-refractivity contribution in [2.45, 2.75) is 13.0 Å². The van der Waals surface area contributed by atoms with Crippen LogP contribution in [-0.4, -0.2) is 38.0 Å². The topological polar surface area (TPSA) is 32.7 Å². The van der Waals surface area contributed by atoms with Crippen LogP contribution >= 0.6 is 0 Å². The van der Waals surface area contributed by atoms with Gasteiger partial charge in [0.2, 0.25) is 0 Å². The summed E-state index contributed by atoms with van der Waals surface area (Å²) in [7, 11) is 1.60. The fourth-order valence-corrected chi connectivity index (χ4v) is 1.56. The maximum atomic E-state index is 9.65. The molecule has 1 rings (SSSR count). The Morgan fingerprint density at radius 1 is 1.33 bits per heavy atom. The monoisotopic (exact) mass is 209 g/mol. The van der Waals surface area contributed by atoms with Crippen LogP contribution in [0.4, 0.5) is 5.69 Å². The number of hydrogen-bond donors (Lipinski definition) is 1. The van der Waals surface area contributed by atoms with Gasteiger partial charge >= 0.3 is 0 Å². The van der Waals surface area contributed by atoms with E-state index in [1.54, 1.807) is 7.11 Å². The van der Waals surface area contributed by atoms with Crippen LogP contribution in [0, 0.1) is 0 Å². The Kier molecular flexibility index (Phi) is 5.15. The van der Waals surface area contributed by atoms with Crippen LogP contribution in [0.1, 0.15) is 6.92 Å².